The molecule has 1 saturated carbocycles. The van der Waals surface area contributed by atoms with Crippen LogP contribution < -0.4 is 5.32 Å². The third-order valence-corrected chi connectivity index (χ3v) is 4.62. The maximum absolute atomic E-state index is 3.48. The van der Waals surface area contributed by atoms with Crippen molar-refractivity contribution in [3.8, 4) is 0 Å². The van der Waals surface area contributed by atoms with E-state index in [1.807, 2.05) is 0 Å². The number of benzene rings is 1. The standard InChI is InChI=1S/C19H32N2/c1-4-21(19-7-5-6-8-19)15-18-11-9-17(10-12-18)13-14-20-16(2)3/h9-12,16,19-20H,4-8,13-15H2,1-3H3. The Morgan fingerprint density at radius 2 is 1.71 bits per heavy atom. The molecular weight excluding hydrogens is 256 g/mol. The molecule has 0 bridgehead atoms. The van der Waals surface area contributed by atoms with Crippen molar-refractivity contribution in [1.82, 2.24) is 10.2 Å². The van der Waals surface area contributed by atoms with Crippen molar-refractivity contribution in [3.63, 3.8) is 0 Å². The quantitative estimate of drug-likeness (QED) is 0.778. The highest BCUT2D eigenvalue weighted by Crippen LogP contribution is 2.24. The molecule has 0 atom stereocenters. The highest BCUT2D eigenvalue weighted by Gasteiger charge is 2.21. The van der Waals surface area contributed by atoms with Gasteiger partial charge in [0.25, 0.3) is 0 Å². The lowest BCUT2D eigenvalue weighted by atomic mass is 10.1. The molecule has 2 rings (SSSR count). The molecule has 0 aromatic heterocycles. The number of hydrogen-bond acceptors (Lipinski definition) is 2. The fourth-order valence-corrected chi connectivity index (χ4v) is 3.32. The zero-order valence-corrected chi connectivity index (χ0v) is 14.1. The van der Waals surface area contributed by atoms with Crippen LogP contribution in [0.3, 0.4) is 0 Å². The largest absolute Gasteiger partial charge is 0.314 e. The molecule has 0 spiro atoms. The molecule has 1 aromatic rings. The molecular formula is C19H32N2. The predicted molar refractivity (Wildman–Crippen MR) is 91.6 cm³/mol. The lowest BCUT2D eigenvalue weighted by Gasteiger charge is -2.27. The Morgan fingerprint density at radius 1 is 1.10 bits per heavy atom. The van der Waals surface area contributed by atoms with Crippen LogP contribution in [-0.2, 0) is 13.0 Å². The van der Waals surface area contributed by atoms with E-state index in [1.165, 1.54) is 43.4 Å². The smallest absolute Gasteiger partial charge is 0.0236 e. The third-order valence-electron chi connectivity index (χ3n) is 4.62. The summed E-state index contributed by atoms with van der Waals surface area (Å²) in [5.74, 6) is 0. The lowest BCUT2D eigenvalue weighted by molar-refractivity contribution is 0.200. The zero-order valence-electron chi connectivity index (χ0n) is 14.1. The van der Waals surface area contributed by atoms with Crippen LogP contribution in [0.5, 0.6) is 0 Å². The van der Waals surface area contributed by atoms with E-state index in [0.717, 1.165) is 25.6 Å². The molecule has 1 fully saturated rings. The summed E-state index contributed by atoms with van der Waals surface area (Å²) >= 11 is 0. The Kier molecular flexibility index (Phi) is 6.72. The first kappa shape index (κ1) is 16.5. The average Bonchev–Trinajstić information content (AvgIpc) is 3.00. The SMILES string of the molecule is CCN(Cc1ccc(CCNC(C)C)cc1)C1CCCC1. The fraction of sp³-hybridized carbons (Fsp3) is 0.684. The molecule has 118 valence electrons. The molecule has 1 aromatic carbocycles. The minimum absolute atomic E-state index is 0.578. The summed E-state index contributed by atoms with van der Waals surface area (Å²) in [5, 5.41) is 3.48. The minimum Gasteiger partial charge on any atom is -0.314 e. The van der Waals surface area contributed by atoms with E-state index in [4.69, 9.17) is 0 Å². The first-order valence-corrected chi connectivity index (χ1v) is 8.74. The van der Waals surface area contributed by atoms with E-state index in [1.54, 1.807) is 0 Å². The predicted octanol–water partition coefficient (Wildman–Crippen LogP) is 3.99. The normalized spacial score (nSPS) is 16.2. The summed E-state index contributed by atoms with van der Waals surface area (Å²) in [6.45, 7) is 10.1. The molecule has 1 N–H and O–H groups in total. The summed E-state index contributed by atoms with van der Waals surface area (Å²) in [4.78, 5) is 2.66. The van der Waals surface area contributed by atoms with E-state index < -0.39 is 0 Å². The van der Waals surface area contributed by atoms with Gasteiger partial charge in [-0.1, -0.05) is 57.9 Å². The first-order valence-electron chi connectivity index (χ1n) is 8.74. The van der Waals surface area contributed by atoms with Crippen LogP contribution >= 0.6 is 0 Å². The summed E-state index contributed by atoms with van der Waals surface area (Å²) in [6.07, 6.45) is 6.75. The second-order valence-electron chi connectivity index (χ2n) is 6.68. The molecule has 0 amide bonds. The maximum Gasteiger partial charge on any atom is 0.0236 e. The van der Waals surface area contributed by atoms with Gasteiger partial charge < -0.3 is 5.32 Å². The van der Waals surface area contributed by atoms with E-state index in [9.17, 15) is 0 Å². The van der Waals surface area contributed by atoms with Crippen LogP contribution in [0.2, 0.25) is 0 Å². The Hall–Kier alpha value is -0.860. The van der Waals surface area contributed by atoms with Crippen molar-refractivity contribution in [2.75, 3.05) is 13.1 Å². The zero-order chi connectivity index (χ0) is 15.1. The maximum atomic E-state index is 3.48. The van der Waals surface area contributed by atoms with Crippen molar-refractivity contribution in [1.29, 1.82) is 0 Å². The summed E-state index contributed by atoms with van der Waals surface area (Å²) < 4.78 is 0. The van der Waals surface area contributed by atoms with E-state index in [-0.39, 0.29) is 0 Å². The molecule has 2 heteroatoms. The van der Waals surface area contributed by atoms with Crippen LogP contribution in [0, 0.1) is 0 Å². The molecule has 0 radical (unpaired) electrons. The number of nitrogens with one attached hydrogen (secondary N) is 1. The highest BCUT2D eigenvalue weighted by atomic mass is 15.1. The molecule has 1 aliphatic carbocycles. The van der Waals surface area contributed by atoms with Crippen molar-refractivity contribution in [3.05, 3.63) is 35.4 Å². The van der Waals surface area contributed by atoms with Crippen LogP contribution in [0.1, 0.15) is 57.6 Å². The van der Waals surface area contributed by atoms with Crippen molar-refractivity contribution in [2.24, 2.45) is 0 Å². The van der Waals surface area contributed by atoms with Gasteiger partial charge in [0, 0.05) is 18.6 Å². The molecule has 0 unspecified atom stereocenters. The van der Waals surface area contributed by atoms with E-state index >= 15 is 0 Å². The van der Waals surface area contributed by atoms with E-state index in [0.29, 0.717) is 6.04 Å². The van der Waals surface area contributed by atoms with Gasteiger partial charge in [-0.3, -0.25) is 4.90 Å². The molecule has 0 aliphatic heterocycles. The number of hydrogen-bond donors (Lipinski definition) is 1. The van der Waals surface area contributed by atoms with Gasteiger partial charge in [-0.15, -0.1) is 0 Å². The van der Waals surface area contributed by atoms with Crippen LogP contribution in [0.4, 0.5) is 0 Å². The van der Waals surface area contributed by atoms with E-state index in [2.05, 4.69) is 55.3 Å². The van der Waals surface area contributed by atoms with Crippen molar-refractivity contribution >= 4 is 0 Å². The van der Waals surface area contributed by atoms with Gasteiger partial charge in [-0.2, -0.15) is 0 Å². The lowest BCUT2D eigenvalue weighted by Crippen LogP contribution is -2.32. The van der Waals surface area contributed by atoms with Gasteiger partial charge in [0.2, 0.25) is 0 Å². The molecule has 0 saturated heterocycles. The summed E-state index contributed by atoms with van der Waals surface area (Å²) in [6, 6.07) is 10.7. The second-order valence-corrected chi connectivity index (χ2v) is 6.68. The molecule has 0 heterocycles. The topological polar surface area (TPSA) is 15.3 Å². The van der Waals surface area contributed by atoms with Gasteiger partial charge in [0.1, 0.15) is 0 Å². The number of rotatable bonds is 8. The van der Waals surface area contributed by atoms with Crippen molar-refractivity contribution < 1.29 is 0 Å². The van der Waals surface area contributed by atoms with Crippen LogP contribution in [0.25, 0.3) is 0 Å². The summed E-state index contributed by atoms with van der Waals surface area (Å²) in [7, 11) is 0. The third kappa shape index (κ3) is 5.44. The Morgan fingerprint density at radius 3 is 2.29 bits per heavy atom. The second kappa shape index (κ2) is 8.55. The molecule has 1 aliphatic rings. The van der Waals surface area contributed by atoms with Gasteiger partial charge in [-0.05, 0) is 43.5 Å². The van der Waals surface area contributed by atoms with Gasteiger partial charge in [0.05, 0.1) is 0 Å². The van der Waals surface area contributed by atoms with Gasteiger partial charge in [-0.25, -0.2) is 0 Å². The fourth-order valence-electron chi connectivity index (χ4n) is 3.32. The Balaban J connectivity index is 1.83. The average molecular weight is 288 g/mol. The Labute approximate surface area is 130 Å². The minimum atomic E-state index is 0.578. The molecule has 2 nitrogen and oxygen atoms in total. The van der Waals surface area contributed by atoms with Crippen LogP contribution in [-0.4, -0.2) is 30.1 Å². The van der Waals surface area contributed by atoms with Crippen LogP contribution in [0.15, 0.2) is 24.3 Å². The van der Waals surface area contributed by atoms with Gasteiger partial charge in [0.15, 0.2) is 0 Å². The number of nitrogens with zero attached hydrogens (tertiary/aromatic N) is 1. The highest BCUT2D eigenvalue weighted by molar-refractivity contribution is 5.23. The first-order chi connectivity index (χ1) is 10.2. The monoisotopic (exact) mass is 288 g/mol. The van der Waals surface area contributed by atoms with Gasteiger partial charge >= 0.3 is 0 Å². The summed E-state index contributed by atoms with van der Waals surface area (Å²) in [5.41, 5.74) is 2.90. The Bertz CT molecular complexity index is 391. The molecule has 21 heavy (non-hydrogen) atoms. The van der Waals surface area contributed by atoms with Crippen molar-refractivity contribution in [2.45, 2.75) is 71.5 Å².